The first kappa shape index (κ1) is 20.1. The third-order valence-corrected chi connectivity index (χ3v) is 4.83. The standard InChI is InChI=1S/C21H20ClF2N3O/c1-3-27-19(25-21(26-27)15-8-10-17(22)18(23)11-15)12-16(28)9-7-14-6-4-5-13(2)20(14)24/h4-6,8,10-11H,3,7,9,12H2,1-2H3. The smallest absolute Gasteiger partial charge is 0.181 e. The van der Waals surface area contributed by atoms with Gasteiger partial charge in [-0.25, -0.2) is 18.4 Å². The van der Waals surface area contributed by atoms with Crippen molar-refractivity contribution in [2.45, 2.75) is 39.7 Å². The monoisotopic (exact) mass is 403 g/mol. The van der Waals surface area contributed by atoms with Gasteiger partial charge in [-0.3, -0.25) is 4.79 Å². The summed E-state index contributed by atoms with van der Waals surface area (Å²) < 4.78 is 29.4. The van der Waals surface area contributed by atoms with Crippen molar-refractivity contribution in [2.24, 2.45) is 0 Å². The van der Waals surface area contributed by atoms with Gasteiger partial charge in [0.1, 0.15) is 23.2 Å². The topological polar surface area (TPSA) is 47.8 Å². The molecule has 0 aliphatic carbocycles. The molecule has 4 nitrogen and oxygen atoms in total. The van der Waals surface area contributed by atoms with Crippen LogP contribution in [0, 0.1) is 18.6 Å². The van der Waals surface area contributed by atoms with Gasteiger partial charge in [-0.15, -0.1) is 0 Å². The summed E-state index contributed by atoms with van der Waals surface area (Å²) in [6, 6.07) is 9.52. The molecule has 0 radical (unpaired) electrons. The number of ketones is 1. The van der Waals surface area contributed by atoms with E-state index in [-0.39, 0.29) is 29.5 Å². The molecular formula is C21H20ClF2N3O. The van der Waals surface area contributed by atoms with E-state index < -0.39 is 5.82 Å². The molecule has 0 aliphatic rings. The average Bonchev–Trinajstić information content (AvgIpc) is 3.08. The molecule has 0 amide bonds. The Bertz CT molecular complexity index is 1020. The number of aromatic nitrogens is 3. The molecule has 0 saturated heterocycles. The number of Topliss-reactive ketones (excluding diaryl/α,β-unsaturated/α-hetero) is 1. The van der Waals surface area contributed by atoms with E-state index in [4.69, 9.17) is 11.6 Å². The van der Waals surface area contributed by atoms with Crippen LogP contribution in [-0.4, -0.2) is 20.5 Å². The minimum atomic E-state index is -0.551. The lowest BCUT2D eigenvalue weighted by Crippen LogP contribution is -2.11. The summed E-state index contributed by atoms with van der Waals surface area (Å²) in [6.07, 6.45) is 0.633. The van der Waals surface area contributed by atoms with Crippen LogP contribution in [0.4, 0.5) is 8.78 Å². The second-order valence-electron chi connectivity index (χ2n) is 6.56. The molecule has 0 bridgehead atoms. The van der Waals surface area contributed by atoms with Gasteiger partial charge in [0.05, 0.1) is 11.4 Å². The fourth-order valence-corrected chi connectivity index (χ4v) is 3.07. The molecular weight excluding hydrogens is 384 g/mol. The Morgan fingerprint density at radius 2 is 2.00 bits per heavy atom. The molecule has 0 aliphatic heterocycles. The fraction of sp³-hybridized carbons (Fsp3) is 0.286. The predicted octanol–water partition coefficient (Wildman–Crippen LogP) is 4.95. The van der Waals surface area contributed by atoms with E-state index in [0.717, 1.165) is 0 Å². The third kappa shape index (κ3) is 4.44. The Morgan fingerprint density at radius 1 is 1.21 bits per heavy atom. The summed E-state index contributed by atoms with van der Waals surface area (Å²) in [4.78, 5) is 16.8. The van der Waals surface area contributed by atoms with Gasteiger partial charge in [0.2, 0.25) is 0 Å². The van der Waals surface area contributed by atoms with Crippen LogP contribution in [0.25, 0.3) is 11.4 Å². The first-order chi connectivity index (χ1) is 13.4. The predicted molar refractivity (Wildman–Crippen MR) is 104 cm³/mol. The van der Waals surface area contributed by atoms with Crippen LogP contribution >= 0.6 is 11.6 Å². The van der Waals surface area contributed by atoms with Crippen molar-refractivity contribution in [2.75, 3.05) is 0 Å². The molecule has 0 atom stereocenters. The Morgan fingerprint density at radius 3 is 2.71 bits per heavy atom. The molecule has 3 rings (SSSR count). The largest absolute Gasteiger partial charge is 0.299 e. The van der Waals surface area contributed by atoms with Crippen LogP contribution in [-0.2, 0) is 24.2 Å². The zero-order valence-electron chi connectivity index (χ0n) is 15.7. The number of rotatable bonds is 7. The summed E-state index contributed by atoms with van der Waals surface area (Å²) in [5, 5.41) is 4.38. The van der Waals surface area contributed by atoms with Crippen molar-refractivity contribution in [3.8, 4) is 11.4 Å². The maximum absolute atomic E-state index is 14.1. The molecule has 0 unspecified atom stereocenters. The number of carbonyl (C=O) groups is 1. The zero-order valence-corrected chi connectivity index (χ0v) is 16.4. The molecule has 3 aromatic rings. The zero-order chi connectivity index (χ0) is 20.3. The number of halogens is 3. The van der Waals surface area contributed by atoms with Crippen LogP contribution in [0.1, 0.15) is 30.3 Å². The number of hydrogen-bond acceptors (Lipinski definition) is 3. The minimum Gasteiger partial charge on any atom is -0.299 e. The molecule has 0 saturated carbocycles. The summed E-state index contributed by atoms with van der Waals surface area (Å²) >= 11 is 5.71. The van der Waals surface area contributed by atoms with Gasteiger partial charge in [-0.05, 0) is 49.6 Å². The lowest BCUT2D eigenvalue weighted by atomic mass is 10.0. The number of benzene rings is 2. The molecule has 1 heterocycles. The van der Waals surface area contributed by atoms with Crippen molar-refractivity contribution in [1.82, 2.24) is 14.8 Å². The van der Waals surface area contributed by atoms with E-state index in [2.05, 4.69) is 10.1 Å². The maximum atomic E-state index is 14.1. The quantitative estimate of drug-likeness (QED) is 0.560. The van der Waals surface area contributed by atoms with Crippen molar-refractivity contribution in [1.29, 1.82) is 0 Å². The first-order valence-corrected chi connectivity index (χ1v) is 9.41. The highest BCUT2D eigenvalue weighted by atomic mass is 35.5. The lowest BCUT2D eigenvalue weighted by Gasteiger charge is -2.05. The number of aryl methyl sites for hydroxylation is 3. The molecule has 28 heavy (non-hydrogen) atoms. The molecule has 0 fully saturated rings. The SMILES string of the molecule is CCn1nc(-c2ccc(Cl)c(F)c2)nc1CC(=O)CCc1cccc(C)c1F. The Hall–Kier alpha value is -2.60. The lowest BCUT2D eigenvalue weighted by molar-refractivity contribution is -0.118. The van der Waals surface area contributed by atoms with Crippen molar-refractivity contribution >= 4 is 17.4 Å². The number of nitrogens with zero attached hydrogens (tertiary/aromatic N) is 3. The molecule has 7 heteroatoms. The van der Waals surface area contributed by atoms with Crippen molar-refractivity contribution in [3.05, 3.63) is 70.0 Å². The second-order valence-corrected chi connectivity index (χ2v) is 6.97. The van der Waals surface area contributed by atoms with Crippen LogP contribution in [0.5, 0.6) is 0 Å². The Kier molecular flexibility index (Phi) is 6.19. The van der Waals surface area contributed by atoms with E-state index in [0.29, 0.717) is 41.3 Å². The van der Waals surface area contributed by atoms with Gasteiger partial charge < -0.3 is 0 Å². The molecule has 0 spiro atoms. The van der Waals surface area contributed by atoms with Gasteiger partial charge in [0.25, 0.3) is 0 Å². The summed E-state index contributed by atoms with van der Waals surface area (Å²) in [6.45, 7) is 4.11. The van der Waals surface area contributed by atoms with Crippen LogP contribution in [0.2, 0.25) is 5.02 Å². The van der Waals surface area contributed by atoms with E-state index in [9.17, 15) is 13.6 Å². The average molecular weight is 404 g/mol. The van der Waals surface area contributed by atoms with Crippen molar-refractivity contribution < 1.29 is 13.6 Å². The first-order valence-electron chi connectivity index (χ1n) is 9.04. The fourth-order valence-electron chi connectivity index (χ4n) is 2.96. The van der Waals surface area contributed by atoms with E-state index >= 15 is 0 Å². The summed E-state index contributed by atoms with van der Waals surface area (Å²) in [7, 11) is 0. The summed E-state index contributed by atoms with van der Waals surface area (Å²) in [5.74, 6) is -0.0340. The second kappa shape index (κ2) is 8.61. The number of hydrogen-bond donors (Lipinski definition) is 0. The highest BCUT2D eigenvalue weighted by Gasteiger charge is 2.16. The van der Waals surface area contributed by atoms with E-state index in [1.54, 1.807) is 35.9 Å². The Balaban J connectivity index is 1.72. The summed E-state index contributed by atoms with van der Waals surface area (Å²) in [5.41, 5.74) is 1.59. The number of carbonyl (C=O) groups excluding carboxylic acids is 1. The molecule has 2 aromatic carbocycles. The maximum Gasteiger partial charge on any atom is 0.181 e. The minimum absolute atomic E-state index is 0.0254. The van der Waals surface area contributed by atoms with Gasteiger partial charge in [-0.1, -0.05) is 29.8 Å². The molecule has 146 valence electrons. The highest BCUT2D eigenvalue weighted by Crippen LogP contribution is 2.22. The normalized spacial score (nSPS) is 11.0. The van der Waals surface area contributed by atoms with Crippen molar-refractivity contribution in [3.63, 3.8) is 0 Å². The molecule has 0 N–H and O–H groups in total. The van der Waals surface area contributed by atoms with Gasteiger partial charge in [-0.2, -0.15) is 5.10 Å². The van der Waals surface area contributed by atoms with Gasteiger partial charge >= 0.3 is 0 Å². The van der Waals surface area contributed by atoms with Crippen LogP contribution in [0.15, 0.2) is 36.4 Å². The van der Waals surface area contributed by atoms with Gasteiger partial charge in [0, 0.05) is 18.5 Å². The van der Waals surface area contributed by atoms with Gasteiger partial charge in [0.15, 0.2) is 5.82 Å². The third-order valence-electron chi connectivity index (χ3n) is 4.53. The van der Waals surface area contributed by atoms with E-state index in [1.807, 2.05) is 6.92 Å². The van der Waals surface area contributed by atoms with Crippen LogP contribution < -0.4 is 0 Å². The highest BCUT2D eigenvalue weighted by molar-refractivity contribution is 6.30. The van der Waals surface area contributed by atoms with Crippen LogP contribution in [0.3, 0.4) is 0 Å². The van der Waals surface area contributed by atoms with E-state index in [1.165, 1.54) is 12.1 Å². The molecule has 1 aromatic heterocycles. The Labute approximate surface area is 167 Å².